The maximum Gasteiger partial charge on any atom is 0.412 e. The van der Waals surface area contributed by atoms with Crippen LogP contribution in [-0.4, -0.2) is 12.7 Å². The topological polar surface area (TPSA) is 26.0 Å². The highest BCUT2D eigenvalue weighted by Gasteiger charge is 2.32. The molecule has 0 aromatic heterocycles. The number of hydrogen-bond donors (Lipinski definition) is 1. The molecular formula is C9H16F3N. The van der Waals surface area contributed by atoms with Gasteiger partial charge in [0.15, 0.2) is 0 Å². The number of rotatable bonds is 4. The molecule has 1 unspecified atom stereocenters. The molecule has 0 amide bonds. The predicted molar refractivity (Wildman–Crippen MR) is 47.3 cm³/mol. The second kappa shape index (κ2) is 5.27. The van der Waals surface area contributed by atoms with E-state index in [1.165, 1.54) is 6.08 Å². The molecule has 1 atom stereocenters. The number of allylic oxidation sites excluding steroid dienone is 1. The van der Waals surface area contributed by atoms with Crippen molar-refractivity contribution in [2.45, 2.75) is 32.9 Å². The van der Waals surface area contributed by atoms with Crippen molar-refractivity contribution in [3.05, 3.63) is 11.6 Å². The third-order valence-corrected chi connectivity index (χ3v) is 1.74. The molecule has 0 aliphatic carbocycles. The molecule has 0 aliphatic rings. The van der Waals surface area contributed by atoms with Crippen molar-refractivity contribution < 1.29 is 13.2 Å². The molecule has 13 heavy (non-hydrogen) atoms. The van der Waals surface area contributed by atoms with E-state index in [0.29, 0.717) is 6.42 Å². The van der Waals surface area contributed by atoms with Gasteiger partial charge < -0.3 is 5.73 Å². The third-order valence-electron chi connectivity index (χ3n) is 1.74. The van der Waals surface area contributed by atoms with Gasteiger partial charge in [0.2, 0.25) is 0 Å². The highest BCUT2D eigenvalue weighted by molar-refractivity contribution is 5.10. The molecular weight excluding hydrogens is 179 g/mol. The smallest absolute Gasteiger partial charge is 0.330 e. The number of nitrogens with two attached hydrogens (primary N) is 1. The normalized spacial score (nSPS) is 16.0. The first-order chi connectivity index (χ1) is 5.91. The van der Waals surface area contributed by atoms with Crippen LogP contribution >= 0.6 is 0 Å². The lowest BCUT2D eigenvalue weighted by molar-refractivity contribution is -0.0945. The van der Waals surface area contributed by atoms with Crippen LogP contribution in [0.3, 0.4) is 0 Å². The minimum atomic E-state index is -4.20. The lowest BCUT2D eigenvalue weighted by Crippen LogP contribution is -2.16. The number of halogens is 3. The van der Waals surface area contributed by atoms with Crippen molar-refractivity contribution >= 4 is 0 Å². The first kappa shape index (κ1) is 12.5. The van der Waals surface area contributed by atoms with Crippen LogP contribution in [0.5, 0.6) is 0 Å². The van der Waals surface area contributed by atoms with Crippen molar-refractivity contribution in [2.24, 2.45) is 11.7 Å². The first-order valence-electron chi connectivity index (χ1n) is 4.39. The van der Waals surface area contributed by atoms with E-state index < -0.39 is 11.7 Å². The summed E-state index contributed by atoms with van der Waals surface area (Å²) in [7, 11) is 0. The van der Waals surface area contributed by atoms with Crippen LogP contribution in [0.4, 0.5) is 13.2 Å². The molecule has 2 N–H and O–H groups in total. The minimum absolute atomic E-state index is 0.0772. The molecule has 0 fully saturated rings. The van der Waals surface area contributed by atoms with E-state index in [2.05, 4.69) is 0 Å². The van der Waals surface area contributed by atoms with Gasteiger partial charge in [-0.3, -0.25) is 0 Å². The van der Waals surface area contributed by atoms with E-state index in [1.54, 1.807) is 13.8 Å². The second-order valence-corrected chi connectivity index (χ2v) is 3.15. The van der Waals surface area contributed by atoms with E-state index in [4.69, 9.17) is 5.73 Å². The molecule has 0 aliphatic heterocycles. The average molecular weight is 195 g/mol. The Kier molecular flexibility index (Phi) is 5.06. The molecule has 0 rings (SSSR count). The maximum absolute atomic E-state index is 12.3. The highest BCUT2D eigenvalue weighted by atomic mass is 19.4. The molecule has 0 saturated heterocycles. The molecule has 78 valence electrons. The Morgan fingerprint density at radius 1 is 1.46 bits per heavy atom. The number of hydrogen-bond acceptors (Lipinski definition) is 1. The molecule has 0 radical (unpaired) electrons. The van der Waals surface area contributed by atoms with Crippen molar-refractivity contribution in [2.75, 3.05) is 6.54 Å². The Balaban J connectivity index is 4.50. The van der Waals surface area contributed by atoms with E-state index >= 15 is 0 Å². The lowest BCUT2D eigenvalue weighted by atomic mass is 10.0. The number of alkyl halides is 3. The van der Waals surface area contributed by atoms with Gasteiger partial charge in [-0.15, -0.1) is 0 Å². The van der Waals surface area contributed by atoms with Crippen LogP contribution < -0.4 is 5.73 Å². The SMILES string of the molecule is CCC/C(=C\C(C)CN)C(F)(F)F. The van der Waals surface area contributed by atoms with Gasteiger partial charge in [-0.1, -0.05) is 26.3 Å². The van der Waals surface area contributed by atoms with Gasteiger partial charge in [0.25, 0.3) is 0 Å². The third kappa shape index (κ3) is 4.93. The molecule has 0 bridgehead atoms. The molecule has 0 aromatic carbocycles. The van der Waals surface area contributed by atoms with Crippen LogP contribution in [-0.2, 0) is 0 Å². The summed E-state index contributed by atoms with van der Waals surface area (Å²) in [6.07, 6.45) is -2.39. The Morgan fingerprint density at radius 2 is 2.00 bits per heavy atom. The van der Waals surface area contributed by atoms with Crippen LogP contribution in [0.25, 0.3) is 0 Å². The summed E-state index contributed by atoms with van der Waals surface area (Å²) in [6, 6.07) is 0. The molecule has 0 spiro atoms. The molecule has 0 saturated carbocycles. The zero-order valence-corrected chi connectivity index (χ0v) is 7.99. The van der Waals surface area contributed by atoms with Gasteiger partial charge in [-0.05, 0) is 18.9 Å². The predicted octanol–water partition coefficient (Wildman–Crippen LogP) is 2.87. The Labute approximate surface area is 76.8 Å². The summed E-state index contributed by atoms with van der Waals surface area (Å²) >= 11 is 0. The Bertz CT molecular complexity index is 172. The highest BCUT2D eigenvalue weighted by Crippen LogP contribution is 2.29. The van der Waals surface area contributed by atoms with E-state index in [9.17, 15) is 13.2 Å². The van der Waals surface area contributed by atoms with E-state index in [1.807, 2.05) is 0 Å². The average Bonchev–Trinajstić information content (AvgIpc) is 2.01. The van der Waals surface area contributed by atoms with E-state index in [-0.39, 0.29) is 18.9 Å². The summed E-state index contributed by atoms with van der Waals surface area (Å²) in [5, 5.41) is 0. The monoisotopic (exact) mass is 195 g/mol. The lowest BCUT2D eigenvalue weighted by Gasteiger charge is -2.12. The zero-order valence-electron chi connectivity index (χ0n) is 7.99. The fourth-order valence-electron chi connectivity index (χ4n) is 1.00. The van der Waals surface area contributed by atoms with Crippen LogP contribution in [0.2, 0.25) is 0 Å². The summed E-state index contributed by atoms with van der Waals surface area (Å²) in [4.78, 5) is 0. The second-order valence-electron chi connectivity index (χ2n) is 3.15. The summed E-state index contributed by atoms with van der Waals surface area (Å²) in [5.74, 6) is -0.205. The van der Waals surface area contributed by atoms with Crippen molar-refractivity contribution in [1.82, 2.24) is 0 Å². The van der Waals surface area contributed by atoms with Gasteiger partial charge in [-0.2, -0.15) is 13.2 Å². The molecule has 4 heteroatoms. The van der Waals surface area contributed by atoms with Crippen molar-refractivity contribution in [3.63, 3.8) is 0 Å². The largest absolute Gasteiger partial charge is 0.412 e. The van der Waals surface area contributed by atoms with Crippen molar-refractivity contribution in [1.29, 1.82) is 0 Å². The summed E-state index contributed by atoms with van der Waals surface area (Å²) < 4.78 is 36.9. The Morgan fingerprint density at radius 3 is 2.31 bits per heavy atom. The quantitative estimate of drug-likeness (QED) is 0.686. The van der Waals surface area contributed by atoms with Crippen LogP contribution in [0.15, 0.2) is 11.6 Å². The van der Waals surface area contributed by atoms with Gasteiger partial charge >= 0.3 is 6.18 Å². The molecule has 1 nitrogen and oxygen atoms in total. The minimum Gasteiger partial charge on any atom is -0.330 e. The van der Waals surface area contributed by atoms with Crippen LogP contribution in [0.1, 0.15) is 26.7 Å². The van der Waals surface area contributed by atoms with Crippen molar-refractivity contribution in [3.8, 4) is 0 Å². The standard InChI is InChI=1S/C9H16F3N/c1-3-4-8(9(10,11)12)5-7(2)6-13/h5,7H,3-4,6,13H2,1-2H3/b8-5+. The molecule has 0 heterocycles. The fourth-order valence-corrected chi connectivity index (χ4v) is 1.00. The first-order valence-corrected chi connectivity index (χ1v) is 4.39. The molecule has 0 aromatic rings. The van der Waals surface area contributed by atoms with Gasteiger partial charge in [0, 0.05) is 5.57 Å². The van der Waals surface area contributed by atoms with Gasteiger partial charge in [-0.25, -0.2) is 0 Å². The van der Waals surface area contributed by atoms with E-state index in [0.717, 1.165) is 0 Å². The Hall–Kier alpha value is -0.510. The summed E-state index contributed by atoms with van der Waals surface area (Å²) in [5.41, 5.74) is 4.80. The van der Waals surface area contributed by atoms with Gasteiger partial charge in [0.05, 0.1) is 0 Å². The van der Waals surface area contributed by atoms with Crippen LogP contribution in [0, 0.1) is 5.92 Å². The van der Waals surface area contributed by atoms with Gasteiger partial charge in [0.1, 0.15) is 0 Å². The summed E-state index contributed by atoms with van der Waals surface area (Å²) in [6.45, 7) is 3.66. The maximum atomic E-state index is 12.3. The fraction of sp³-hybridized carbons (Fsp3) is 0.778. The zero-order chi connectivity index (χ0) is 10.5.